The summed E-state index contributed by atoms with van der Waals surface area (Å²) in [7, 11) is 0. The van der Waals surface area contributed by atoms with Crippen molar-refractivity contribution in [2.24, 2.45) is 0 Å². The topological polar surface area (TPSA) is 20.3 Å². The normalized spacial score (nSPS) is 17.8. The maximum Gasteiger partial charge on any atom is 0.263 e. The highest BCUT2D eigenvalue weighted by Gasteiger charge is 2.23. The first-order chi connectivity index (χ1) is 8.24. The monoisotopic (exact) mass is 285 g/mol. The van der Waals surface area contributed by atoms with Crippen LogP contribution in [0.1, 0.15) is 22.5 Å². The van der Waals surface area contributed by atoms with E-state index in [0.29, 0.717) is 0 Å². The second kappa shape index (κ2) is 4.59. The molecule has 0 aromatic carbocycles. The highest BCUT2D eigenvalue weighted by molar-refractivity contribution is 7.27. The van der Waals surface area contributed by atoms with Crippen molar-refractivity contribution in [2.75, 3.05) is 13.1 Å². The predicted molar refractivity (Wildman–Crippen MR) is 74.5 cm³/mol. The number of hydrogen-bond donors (Lipinski definition) is 0. The SMILES string of the molecule is O=C(c1cc2sccc2s1)N1CCC(Cl)CC1. The molecule has 2 nitrogen and oxygen atoms in total. The van der Waals surface area contributed by atoms with Crippen LogP contribution in [0, 0.1) is 0 Å². The van der Waals surface area contributed by atoms with Crippen molar-refractivity contribution >= 4 is 49.6 Å². The third-order valence-corrected chi connectivity index (χ3v) is 5.58. The maximum absolute atomic E-state index is 12.3. The molecule has 1 amide bonds. The second-order valence-corrected chi connectivity index (χ2v) is 6.88. The van der Waals surface area contributed by atoms with Crippen molar-refractivity contribution in [3.63, 3.8) is 0 Å². The van der Waals surface area contributed by atoms with Crippen molar-refractivity contribution in [1.82, 2.24) is 4.90 Å². The Labute approximate surface area is 113 Å². The van der Waals surface area contributed by atoms with Crippen LogP contribution in [-0.4, -0.2) is 29.3 Å². The molecule has 0 radical (unpaired) electrons. The number of piperidine rings is 1. The van der Waals surface area contributed by atoms with Gasteiger partial charge in [0.25, 0.3) is 5.91 Å². The minimum Gasteiger partial charge on any atom is -0.338 e. The van der Waals surface area contributed by atoms with Crippen LogP contribution in [0.15, 0.2) is 17.5 Å². The first-order valence-electron chi connectivity index (χ1n) is 5.64. The lowest BCUT2D eigenvalue weighted by molar-refractivity contribution is 0.0731. The quantitative estimate of drug-likeness (QED) is 0.730. The number of likely N-dealkylation sites (tertiary alicyclic amines) is 1. The number of thiophene rings is 2. The number of halogens is 1. The predicted octanol–water partition coefficient (Wildman–Crippen LogP) is 3.81. The van der Waals surface area contributed by atoms with Crippen molar-refractivity contribution < 1.29 is 4.79 Å². The van der Waals surface area contributed by atoms with E-state index in [1.165, 1.54) is 9.40 Å². The number of carbonyl (C=O) groups is 1. The number of amides is 1. The van der Waals surface area contributed by atoms with Gasteiger partial charge in [-0.15, -0.1) is 34.3 Å². The molecule has 0 bridgehead atoms. The van der Waals surface area contributed by atoms with Gasteiger partial charge in [-0.1, -0.05) is 0 Å². The van der Waals surface area contributed by atoms with Gasteiger partial charge in [-0.05, 0) is 30.4 Å². The summed E-state index contributed by atoms with van der Waals surface area (Å²) in [5, 5.41) is 2.31. The van der Waals surface area contributed by atoms with Gasteiger partial charge in [0, 0.05) is 27.9 Å². The van der Waals surface area contributed by atoms with Gasteiger partial charge in [-0.3, -0.25) is 4.79 Å². The van der Waals surface area contributed by atoms with Crippen LogP contribution in [-0.2, 0) is 0 Å². The molecule has 1 fully saturated rings. The summed E-state index contributed by atoms with van der Waals surface area (Å²) >= 11 is 9.33. The fourth-order valence-electron chi connectivity index (χ4n) is 2.08. The van der Waals surface area contributed by atoms with Gasteiger partial charge in [0.1, 0.15) is 0 Å². The average Bonchev–Trinajstić information content (AvgIpc) is 2.89. The first kappa shape index (κ1) is 11.5. The fourth-order valence-corrected chi connectivity index (χ4v) is 4.35. The zero-order valence-electron chi connectivity index (χ0n) is 9.19. The van der Waals surface area contributed by atoms with Gasteiger partial charge < -0.3 is 4.90 Å². The Bertz CT molecular complexity index is 511. The molecule has 90 valence electrons. The molecule has 1 aliphatic rings. The summed E-state index contributed by atoms with van der Waals surface area (Å²) in [5.41, 5.74) is 0. The van der Waals surface area contributed by atoms with Crippen molar-refractivity contribution in [2.45, 2.75) is 18.2 Å². The van der Waals surface area contributed by atoms with Gasteiger partial charge >= 0.3 is 0 Å². The van der Waals surface area contributed by atoms with Crippen molar-refractivity contribution in [1.29, 1.82) is 0 Å². The van der Waals surface area contributed by atoms with Crippen LogP contribution in [0.4, 0.5) is 0 Å². The summed E-state index contributed by atoms with van der Waals surface area (Å²) in [5.74, 6) is 0.168. The lowest BCUT2D eigenvalue weighted by Gasteiger charge is -2.28. The Balaban J connectivity index is 1.79. The Morgan fingerprint density at radius 3 is 2.82 bits per heavy atom. The number of carbonyl (C=O) groups excluding carboxylic acids is 1. The van der Waals surface area contributed by atoms with Crippen molar-refractivity contribution in [3.8, 4) is 0 Å². The minimum absolute atomic E-state index is 0.168. The van der Waals surface area contributed by atoms with Crippen LogP contribution in [0.5, 0.6) is 0 Å². The van der Waals surface area contributed by atoms with E-state index in [2.05, 4.69) is 11.4 Å². The van der Waals surface area contributed by atoms with Gasteiger partial charge in [-0.25, -0.2) is 0 Å². The summed E-state index contributed by atoms with van der Waals surface area (Å²) in [6, 6.07) is 4.09. The third-order valence-electron chi connectivity index (χ3n) is 3.06. The zero-order valence-corrected chi connectivity index (χ0v) is 11.6. The maximum atomic E-state index is 12.3. The Kier molecular flexibility index (Phi) is 3.11. The van der Waals surface area contributed by atoms with Gasteiger partial charge in [0.05, 0.1) is 4.88 Å². The van der Waals surface area contributed by atoms with E-state index in [1.807, 2.05) is 11.0 Å². The summed E-state index contributed by atoms with van der Waals surface area (Å²) in [6.07, 6.45) is 1.82. The number of fused-ring (bicyclic) bond motifs is 1. The van der Waals surface area contributed by atoms with E-state index >= 15 is 0 Å². The summed E-state index contributed by atoms with van der Waals surface area (Å²) in [4.78, 5) is 15.1. The van der Waals surface area contributed by atoms with Gasteiger partial charge in [0.2, 0.25) is 0 Å². The standard InChI is InChI=1S/C12H12ClNOS2/c13-8-1-4-14(5-2-8)12(15)11-7-10-9(17-11)3-6-16-10/h3,6-8H,1-2,4-5H2. The smallest absolute Gasteiger partial charge is 0.263 e. The molecule has 1 saturated heterocycles. The van der Waals surface area contributed by atoms with E-state index in [-0.39, 0.29) is 11.3 Å². The number of nitrogens with zero attached hydrogens (tertiary/aromatic N) is 1. The van der Waals surface area contributed by atoms with E-state index in [4.69, 9.17) is 11.6 Å². The third kappa shape index (κ3) is 2.21. The van der Waals surface area contributed by atoms with Crippen molar-refractivity contribution in [3.05, 3.63) is 22.4 Å². The number of rotatable bonds is 1. The van der Waals surface area contributed by atoms with E-state index < -0.39 is 0 Å². The highest BCUT2D eigenvalue weighted by atomic mass is 35.5. The zero-order chi connectivity index (χ0) is 11.8. The lowest BCUT2D eigenvalue weighted by atomic mass is 10.1. The van der Waals surface area contributed by atoms with Gasteiger partial charge in [-0.2, -0.15) is 0 Å². The van der Waals surface area contributed by atoms with Crippen LogP contribution in [0.2, 0.25) is 0 Å². The molecule has 1 aliphatic heterocycles. The molecule has 0 atom stereocenters. The second-order valence-electron chi connectivity index (χ2n) is 4.23. The Hall–Kier alpha value is -0.580. The largest absolute Gasteiger partial charge is 0.338 e. The molecule has 3 heterocycles. The molecule has 0 unspecified atom stereocenters. The van der Waals surface area contributed by atoms with Crippen LogP contribution >= 0.6 is 34.3 Å². The number of hydrogen-bond acceptors (Lipinski definition) is 3. The number of alkyl halides is 1. The first-order valence-corrected chi connectivity index (χ1v) is 7.77. The van der Waals surface area contributed by atoms with Gasteiger partial charge in [0.15, 0.2) is 0 Å². The average molecular weight is 286 g/mol. The molecule has 5 heteroatoms. The molecule has 17 heavy (non-hydrogen) atoms. The van der Waals surface area contributed by atoms with Crippen LogP contribution in [0.25, 0.3) is 9.40 Å². The molecule has 2 aromatic rings. The molecule has 0 spiro atoms. The van der Waals surface area contributed by atoms with Crippen LogP contribution in [0.3, 0.4) is 0 Å². The molecular weight excluding hydrogens is 274 g/mol. The summed E-state index contributed by atoms with van der Waals surface area (Å²) in [6.45, 7) is 1.58. The molecule has 3 rings (SSSR count). The molecular formula is C12H12ClNOS2. The minimum atomic E-state index is 0.168. The Morgan fingerprint density at radius 2 is 2.12 bits per heavy atom. The molecule has 2 aromatic heterocycles. The molecule has 0 saturated carbocycles. The van der Waals surface area contributed by atoms with E-state index in [1.54, 1.807) is 22.7 Å². The van der Waals surface area contributed by atoms with Crippen LogP contribution < -0.4 is 0 Å². The molecule has 0 aliphatic carbocycles. The highest BCUT2D eigenvalue weighted by Crippen LogP contribution is 2.31. The fraction of sp³-hybridized carbons (Fsp3) is 0.417. The summed E-state index contributed by atoms with van der Waals surface area (Å²) < 4.78 is 2.43. The van der Waals surface area contributed by atoms with E-state index in [9.17, 15) is 4.79 Å². The molecule has 0 N–H and O–H groups in total. The lowest BCUT2D eigenvalue weighted by Crippen LogP contribution is -2.38. The Morgan fingerprint density at radius 1 is 1.35 bits per heavy atom. The van der Waals surface area contributed by atoms with E-state index in [0.717, 1.165) is 30.8 Å².